The Balaban J connectivity index is 2.85. The van der Waals surface area contributed by atoms with Crippen LogP contribution in [0.25, 0.3) is 0 Å². The Kier molecular flexibility index (Phi) is 4.35. The van der Waals surface area contributed by atoms with Gasteiger partial charge in [-0.3, -0.25) is 0 Å². The van der Waals surface area contributed by atoms with Crippen LogP contribution in [0.4, 0.5) is 0 Å². The van der Waals surface area contributed by atoms with E-state index in [0.29, 0.717) is 10.6 Å². The van der Waals surface area contributed by atoms with Crippen LogP contribution in [-0.2, 0) is 0 Å². The van der Waals surface area contributed by atoms with Crippen molar-refractivity contribution in [2.75, 3.05) is 6.54 Å². The van der Waals surface area contributed by atoms with Gasteiger partial charge >= 0.3 is 0 Å². The van der Waals surface area contributed by atoms with Crippen molar-refractivity contribution in [3.05, 3.63) is 28.8 Å². The maximum absolute atomic E-state index is 9.69. The Labute approximate surface area is 92.9 Å². The van der Waals surface area contributed by atoms with Crippen LogP contribution in [0.5, 0.6) is 5.75 Å². The summed E-state index contributed by atoms with van der Waals surface area (Å²) in [4.78, 5) is 0. The van der Waals surface area contributed by atoms with E-state index in [1.165, 1.54) is 18.2 Å². The first-order valence-corrected chi connectivity index (χ1v) is 4.98. The zero-order valence-electron chi connectivity index (χ0n) is 8.10. The summed E-state index contributed by atoms with van der Waals surface area (Å²) in [5.74, 6) is -0.0449. The normalized spacial score (nSPS) is 14.9. The van der Waals surface area contributed by atoms with Gasteiger partial charge in [0, 0.05) is 5.02 Å². The Morgan fingerprint density at radius 2 is 1.93 bits per heavy atom. The second-order valence-corrected chi connectivity index (χ2v) is 3.77. The first kappa shape index (κ1) is 12.3. The molecular formula is C10H14ClNO3. The number of rotatable bonds is 4. The standard InChI is InChI=1S/C10H14ClNO3/c11-7-3-6(4-8(13)5-7)10(15)9(14)1-2-12/h3-5,9-10,13-15H,1-2,12H2. The number of halogens is 1. The number of hydrogen-bond donors (Lipinski definition) is 4. The molecule has 5 heteroatoms. The molecule has 2 atom stereocenters. The van der Waals surface area contributed by atoms with Crippen molar-refractivity contribution in [1.82, 2.24) is 0 Å². The van der Waals surface area contributed by atoms with Gasteiger partial charge < -0.3 is 21.1 Å². The van der Waals surface area contributed by atoms with Gasteiger partial charge in [0.2, 0.25) is 0 Å². The van der Waals surface area contributed by atoms with Gasteiger partial charge in [0.05, 0.1) is 6.10 Å². The highest BCUT2D eigenvalue weighted by Crippen LogP contribution is 2.26. The minimum absolute atomic E-state index is 0.0449. The van der Waals surface area contributed by atoms with Crippen molar-refractivity contribution in [2.45, 2.75) is 18.6 Å². The highest BCUT2D eigenvalue weighted by molar-refractivity contribution is 6.30. The first-order chi connectivity index (χ1) is 7.04. The van der Waals surface area contributed by atoms with Crippen LogP contribution < -0.4 is 5.73 Å². The molecule has 0 fully saturated rings. The number of aliphatic hydroxyl groups is 2. The van der Waals surface area contributed by atoms with Crippen molar-refractivity contribution in [3.63, 3.8) is 0 Å². The summed E-state index contributed by atoms with van der Waals surface area (Å²) in [6.07, 6.45) is -1.75. The SMILES string of the molecule is NCCC(O)C(O)c1cc(O)cc(Cl)c1. The lowest BCUT2D eigenvalue weighted by atomic mass is 10.0. The van der Waals surface area contributed by atoms with Crippen LogP contribution >= 0.6 is 11.6 Å². The second kappa shape index (κ2) is 5.32. The molecule has 4 nitrogen and oxygen atoms in total. The fourth-order valence-corrected chi connectivity index (χ4v) is 1.56. The van der Waals surface area contributed by atoms with Gasteiger partial charge in [-0.2, -0.15) is 0 Å². The van der Waals surface area contributed by atoms with Crippen molar-refractivity contribution in [2.24, 2.45) is 5.73 Å². The number of phenolic OH excluding ortho intramolecular Hbond substituents is 1. The molecule has 0 saturated carbocycles. The Morgan fingerprint density at radius 3 is 2.47 bits per heavy atom. The number of aliphatic hydroxyl groups excluding tert-OH is 2. The largest absolute Gasteiger partial charge is 0.508 e. The van der Waals surface area contributed by atoms with Crippen LogP contribution in [0, 0.1) is 0 Å². The highest BCUT2D eigenvalue weighted by Gasteiger charge is 2.18. The van der Waals surface area contributed by atoms with Crippen molar-refractivity contribution < 1.29 is 15.3 Å². The lowest BCUT2D eigenvalue weighted by Crippen LogP contribution is -2.21. The summed E-state index contributed by atoms with van der Waals surface area (Å²) < 4.78 is 0. The summed E-state index contributed by atoms with van der Waals surface area (Å²) in [6, 6.07) is 4.20. The Morgan fingerprint density at radius 1 is 1.27 bits per heavy atom. The molecule has 0 aliphatic carbocycles. The van der Waals surface area contributed by atoms with Gasteiger partial charge in [-0.1, -0.05) is 11.6 Å². The fraction of sp³-hybridized carbons (Fsp3) is 0.400. The van der Waals surface area contributed by atoms with Gasteiger partial charge in [0.15, 0.2) is 0 Å². The monoisotopic (exact) mass is 231 g/mol. The molecule has 1 aromatic rings. The fourth-order valence-electron chi connectivity index (χ4n) is 1.32. The zero-order chi connectivity index (χ0) is 11.4. The summed E-state index contributed by atoms with van der Waals surface area (Å²) in [5.41, 5.74) is 5.63. The van der Waals surface area contributed by atoms with E-state index < -0.39 is 12.2 Å². The third-order valence-electron chi connectivity index (χ3n) is 2.07. The molecule has 5 N–H and O–H groups in total. The van der Waals surface area contributed by atoms with Gasteiger partial charge in [0.1, 0.15) is 11.9 Å². The quantitative estimate of drug-likeness (QED) is 0.617. The summed E-state index contributed by atoms with van der Waals surface area (Å²) in [7, 11) is 0. The van der Waals surface area contributed by atoms with Crippen LogP contribution in [0.3, 0.4) is 0 Å². The molecule has 0 saturated heterocycles. The molecule has 0 aromatic heterocycles. The first-order valence-electron chi connectivity index (χ1n) is 4.60. The van der Waals surface area contributed by atoms with E-state index >= 15 is 0 Å². The van der Waals surface area contributed by atoms with Gasteiger partial charge in [-0.15, -0.1) is 0 Å². The average molecular weight is 232 g/mol. The number of nitrogens with two attached hydrogens (primary N) is 1. The van der Waals surface area contributed by atoms with Crippen molar-refractivity contribution in [3.8, 4) is 5.75 Å². The Bertz CT molecular complexity index is 312. The number of hydrogen-bond acceptors (Lipinski definition) is 4. The van der Waals surface area contributed by atoms with Gasteiger partial charge in [-0.05, 0) is 36.7 Å². The van der Waals surface area contributed by atoms with Crippen molar-refractivity contribution in [1.29, 1.82) is 0 Å². The highest BCUT2D eigenvalue weighted by atomic mass is 35.5. The smallest absolute Gasteiger partial charge is 0.117 e. The van der Waals surface area contributed by atoms with E-state index in [9.17, 15) is 15.3 Å². The van der Waals surface area contributed by atoms with Crippen molar-refractivity contribution >= 4 is 11.6 Å². The maximum atomic E-state index is 9.69. The van der Waals surface area contributed by atoms with Crippen LogP contribution in [0.15, 0.2) is 18.2 Å². The lowest BCUT2D eigenvalue weighted by molar-refractivity contribution is 0.0149. The number of phenols is 1. The van der Waals surface area contributed by atoms with Crippen LogP contribution in [0.2, 0.25) is 5.02 Å². The van der Waals surface area contributed by atoms with E-state index in [1.54, 1.807) is 0 Å². The minimum Gasteiger partial charge on any atom is -0.508 e. The predicted molar refractivity (Wildman–Crippen MR) is 57.8 cm³/mol. The molecule has 0 bridgehead atoms. The maximum Gasteiger partial charge on any atom is 0.117 e. The van der Waals surface area contributed by atoms with E-state index in [2.05, 4.69) is 0 Å². The molecular weight excluding hydrogens is 218 g/mol. The molecule has 0 heterocycles. The molecule has 2 unspecified atom stereocenters. The van der Waals surface area contributed by atoms with Crippen LogP contribution in [0.1, 0.15) is 18.1 Å². The predicted octanol–water partition coefficient (Wildman–Crippen LogP) is 0.789. The summed E-state index contributed by atoms with van der Waals surface area (Å²) in [6.45, 7) is 0.283. The molecule has 0 amide bonds. The van der Waals surface area contributed by atoms with Gasteiger partial charge in [0.25, 0.3) is 0 Å². The molecule has 0 spiro atoms. The molecule has 0 aliphatic heterocycles. The third-order valence-corrected chi connectivity index (χ3v) is 2.29. The molecule has 0 aliphatic rings. The summed E-state index contributed by atoms with van der Waals surface area (Å²) in [5, 5.41) is 28.8. The lowest BCUT2D eigenvalue weighted by Gasteiger charge is -2.17. The van der Waals surface area contributed by atoms with E-state index in [4.69, 9.17) is 17.3 Å². The zero-order valence-corrected chi connectivity index (χ0v) is 8.85. The molecule has 15 heavy (non-hydrogen) atoms. The van der Waals surface area contributed by atoms with Gasteiger partial charge in [-0.25, -0.2) is 0 Å². The second-order valence-electron chi connectivity index (χ2n) is 3.33. The van der Waals surface area contributed by atoms with E-state index in [1.807, 2.05) is 0 Å². The third kappa shape index (κ3) is 3.35. The Hall–Kier alpha value is -0.810. The number of aromatic hydroxyl groups is 1. The number of benzene rings is 1. The summed E-state index contributed by atoms with van der Waals surface area (Å²) >= 11 is 5.70. The molecule has 0 radical (unpaired) electrons. The molecule has 84 valence electrons. The molecule has 1 aromatic carbocycles. The average Bonchev–Trinajstić information content (AvgIpc) is 2.15. The van der Waals surface area contributed by atoms with E-state index in [0.717, 1.165) is 0 Å². The topological polar surface area (TPSA) is 86.7 Å². The van der Waals surface area contributed by atoms with Crippen LogP contribution in [-0.4, -0.2) is 28.0 Å². The van der Waals surface area contributed by atoms with E-state index in [-0.39, 0.29) is 18.7 Å². The minimum atomic E-state index is -1.09. The molecule has 1 rings (SSSR count).